The quantitative estimate of drug-likeness (QED) is 0.220. The molecule has 0 amide bonds. The molecule has 3 rings (SSSR count). The molecule has 0 saturated heterocycles. The van der Waals surface area contributed by atoms with Crippen molar-refractivity contribution in [2.24, 2.45) is 4.99 Å². The number of hydrogen-bond acceptors (Lipinski definition) is 3. The molecule has 0 saturated carbocycles. The van der Waals surface area contributed by atoms with Gasteiger partial charge in [0.2, 0.25) is 0 Å². The Kier molecular flexibility index (Phi) is 10.0. The van der Waals surface area contributed by atoms with Crippen LogP contribution in [0.3, 0.4) is 0 Å². The van der Waals surface area contributed by atoms with E-state index in [1.165, 1.54) is 11.3 Å². The molecule has 3 N–H and O–H groups in total. The van der Waals surface area contributed by atoms with E-state index in [9.17, 15) is 5.11 Å². The SMILES string of the molecule is CCNC(=NCc1ccc(N2CC=CC2)cc1)NCCC(O)c1ccccc1.I. The molecule has 0 aliphatic carbocycles. The van der Waals surface area contributed by atoms with Crippen LogP contribution in [0.2, 0.25) is 0 Å². The zero-order chi connectivity index (χ0) is 19.6. The highest BCUT2D eigenvalue weighted by molar-refractivity contribution is 14.0. The van der Waals surface area contributed by atoms with Crippen molar-refractivity contribution in [3.8, 4) is 0 Å². The summed E-state index contributed by atoms with van der Waals surface area (Å²) in [5.41, 5.74) is 3.37. The number of aliphatic hydroxyl groups is 1. The van der Waals surface area contributed by atoms with Crippen LogP contribution in [0.4, 0.5) is 5.69 Å². The second kappa shape index (κ2) is 12.5. The minimum Gasteiger partial charge on any atom is -0.388 e. The summed E-state index contributed by atoms with van der Waals surface area (Å²) in [5.74, 6) is 0.774. The van der Waals surface area contributed by atoms with Gasteiger partial charge in [-0.15, -0.1) is 24.0 Å². The fraction of sp³-hybridized carbons (Fsp3) is 0.348. The number of benzene rings is 2. The molecule has 5 nitrogen and oxygen atoms in total. The molecular formula is C23H31IN4O. The highest BCUT2D eigenvalue weighted by atomic mass is 127. The van der Waals surface area contributed by atoms with Crippen LogP contribution in [0.5, 0.6) is 0 Å². The number of anilines is 1. The fourth-order valence-electron chi connectivity index (χ4n) is 3.18. The first-order chi connectivity index (χ1) is 13.8. The molecule has 0 bridgehead atoms. The Labute approximate surface area is 191 Å². The van der Waals surface area contributed by atoms with Gasteiger partial charge in [0.15, 0.2) is 5.96 Å². The van der Waals surface area contributed by atoms with E-state index >= 15 is 0 Å². The van der Waals surface area contributed by atoms with Gasteiger partial charge in [-0.2, -0.15) is 0 Å². The summed E-state index contributed by atoms with van der Waals surface area (Å²) >= 11 is 0. The lowest BCUT2D eigenvalue weighted by Gasteiger charge is -2.17. The summed E-state index contributed by atoms with van der Waals surface area (Å²) in [6.07, 6.45) is 4.56. The lowest BCUT2D eigenvalue weighted by molar-refractivity contribution is 0.168. The molecule has 1 heterocycles. The first-order valence-electron chi connectivity index (χ1n) is 10.0. The number of rotatable bonds is 8. The molecule has 1 unspecified atom stereocenters. The highest BCUT2D eigenvalue weighted by Crippen LogP contribution is 2.18. The van der Waals surface area contributed by atoms with Crippen LogP contribution in [-0.2, 0) is 6.54 Å². The van der Waals surface area contributed by atoms with Gasteiger partial charge in [0.25, 0.3) is 0 Å². The van der Waals surface area contributed by atoms with Crippen molar-refractivity contribution < 1.29 is 5.11 Å². The van der Waals surface area contributed by atoms with Crippen LogP contribution in [-0.4, -0.2) is 37.2 Å². The zero-order valence-electron chi connectivity index (χ0n) is 16.9. The Morgan fingerprint density at radius 2 is 1.72 bits per heavy atom. The fourth-order valence-corrected chi connectivity index (χ4v) is 3.18. The Balaban J connectivity index is 0.00000300. The van der Waals surface area contributed by atoms with Crippen molar-refractivity contribution in [3.63, 3.8) is 0 Å². The highest BCUT2D eigenvalue weighted by Gasteiger charge is 2.08. The van der Waals surface area contributed by atoms with Crippen LogP contribution in [0.1, 0.15) is 30.6 Å². The molecule has 0 radical (unpaired) electrons. The predicted molar refractivity (Wildman–Crippen MR) is 132 cm³/mol. The summed E-state index contributed by atoms with van der Waals surface area (Å²) in [4.78, 5) is 7.00. The van der Waals surface area contributed by atoms with Gasteiger partial charge in [0.1, 0.15) is 0 Å². The minimum absolute atomic E-state index is 0. The van der Waals surface area contributed by atoms with Crippen molar-refractivity contribution in [2.45, 2.75) is 26.0 Å². The first kappa shape index (κ1) is 23.2. The third-order valence-corrected chi connectivity index (χ3v) is 4.78. The standard InChI is InChI=1S/C23H30N4O.HI/c1-2-24-23(25-15-14-22(28)20-8-4-3-5-9-20)26-18-19-10-12-21(13-11-19)27-16-6-7-17-27;/h3-13,22,28H,2,14-18H2,1H3,(H2,24,25,26);1H. The van der Waals surface area contributed by atoms with E-state index in [1.54, 1.807) is 0 Å². The van der Waals surface area contributed by atoms with Gasteiger partial charge in [-0.1, -0.05) is 54.6 Å². The summed E-state index contributed by atoms with van der Waals surface area (Å²) in [6.45, 7) is 6.10. The molecule has 1 aliphatic rings. The minimum atomic E-state index is -0.468. The maximum atomic E-state index is 10.3. The number of hydrogen-bond donors (Lipinski definition) is 3. The number of aliphatic hydroxyl groups excluding tert-OH is 1. The molecule has 0 fully saturated rings. The van der Waals surface area contributed by atoms with E-state index in [0.29, 0.717) is 19.5 Å². The van der Waals surface area contributed by atoms with E-state index in [4.69, 9.17) is 0 Å². The maximum Gasteiger partial charge on any atom is 0.191 e. The first-order valence-corrected chi connectivity index (χ1v) is 10.0. The Hall–Kier alpha value is -2.06. The normalized spacial score (nSPS) is 14.4. The molecule has 6 heteroatoms. The van der Waals surface area contributed by atoms with Gasteiger partial charge in [0.05, 0.1) is 12.6 Å². The van der Waals surface area contributed by atoms with E-state index in [1.807, 2.05) is 30.3 Å². The van der Waals surface area contributed by atoms with Crippen LogP contribution in [0, 0.1) is 0 Å². The number of halogens is 1. The summed E-state index contributed by atoms with van der Waals surface area (Å²) in [5, 5.41) is 16.9. The van der Waals surface area contributed by atoms with Crippen molar-refractivity contribution >= 4 is 35.6 Å². The molecule has 2 aromatic carbocycles. The van der Waals surface area contributed by atoms with Gasteiger partial charge in [-0.25, -0.2) is 4.99 Å². The molecule has 1 aliphatic heterocycles. The van der Waals surface area contributed by atoms with Gasteiger partial charge >= 0.3 is 0 Å². The third-order valence-electron chi connectivity index (χ3n) is 4.78. The van der Waals surface area contributed by atoms with Gasteiger partial charge in [0, 0.05) is 31.9 Å². The predicted octanol–water partition coefficient (Wildman–Crippen LogP) is 3.86. The Morgan fingerprint density at radius 3 is 2.38 bits per heavy atom. The number of guanidine groups is 1. The van der Waals surface area contributed by atoms with Crippen LogP contribution in [0.15, 0.2) is 71.7 Å². The van der Waals surface area contributed by atoms with Crippen molar-refractivity contribution in [1.29, 1.82) is 0 Å². The molecule has 2 aromatic rings. The van der Waals surface area contributed by atoms with Crippen LogP contribution < -0.4 is 15.5 Å². The third kappa shape index (κ3) is 7.36. The lowest BCUT2D eigenvalue weighted by Crippen LogP contribution is -2.38. The molecule has 0 spiro atoms. The van der Waals surface area contributed by atoms with Gasteiger partial charge < -0.3 is 20.6 Å². The maximum absolute atomic E-state index is 10.3. The average molecular weight is 506 g/mol. The topological polar surface area (TPSA) is 59.9 Å². The second-order valence-electron chi connectivity index (χ2n) is 6.88. The van der Waals surface area contributed by atoms with E-state index in [2.05, 4.69) is 63.9 Å². The Morgan fingerprint density at radius 1 is 1.03 bits per heavy atom. The smallest absolute Gasteiger partial charge is 0.191 e. The number of nitrogens with zero attached hydrogens (tertiary/aromatic N) is 2. The molecule has 156 valence electrons. The molecular weight excluding hydrogens is 475 g/mol. The molecule has 0 aromatic heterocycles. The van der Waals surface area contributed by atoms with Gasteiger partial charge in [-0.3, -0.25) is 0 Å². The van der Waals surface area contributed by atoms with Crippen molar-refractivity contribution in [2.75, 3.05) is 31.1 Å². The lowest BCUT2D eigenvalue weighted by atomic mass is 10.1. The zero-order valence-corrected chi connectivity index (χ0v) is 19.3. The van der Waals surface area contributed by atoms with Crippen molar-refractivity contribution in [3.05, 3.63) is 77.9 Å². The largest absolute Gasteiger partial charge is 0.388 e. The molecule has 29 heavy (non-hydrogen) atoms. The van der Waals surface area contributed by atoms with E-state index < -0.39 is 6.10 Å². The summed E-state index contributed by atoms with van der Waals surface area (Å²) in [7, 11) is 0. The number of nitrogens with one attached hydrogen (secondary N) is 2. The Bertz CT molecular complexity index is 769. The average Bonchev–Trinajstić information content (AvgIpc) is 3.28. The van der Waals surface area contributed by atoms with Crippen molar-refractivity contribution in [1.82, 2.24) is 10.6 Å². The molecule has 1 atom stereocenters. The van der Waals surface area contributed by atoms with E-state index in [-0.39, 0.29) is 24.0 Å². The van der Waals surface area contributed by atoms with Gasteiger partial charge in [-0.05, 0) is 36.6 Å². The summed E-state index contributed by atoms with van der Waals surface area (Å²) < 4.78 is 0. The number of aliphatic imine (C=N–C) groups is 1. The summed E-state index contributed by atoms with van der Waals surface area (Å²) in [6, 6.07) is 18.4. The van der Waals surface area contributed by atoms with Crippen LogP contribution in [0.25, 0.3) is 0 Å². The van der Waals surface area contributed by atoms with Crippen LogP contribution >= 0.6 is 24.0 Å². The monoisotopic (exact) mass is 506 g/mol. The second-order valence-corrected chi connectivity index (χ2v) is 6.88. The van der Waals surface area contributed by atoms with E-state index in [0.717, 1.165) is 31.2 Å².